The van der Waals surface area contributed by atoms with Gasteiger partial charge in [-0.05, 0) is 37.6 Å². The first-order valence-corrected chi connectivity index (χ1v) is 8.63. The van der Waals surface area contributed by atoms with E-state index in [0.29, 0.717) is 5.16 Å². The smallest absolute Gasteiger partial charge is 0.234 e. The number of nitrogens with one attached hydrogen (secondary N) is 1. The lowest BCUT2D eigenvalue weighted by Gasteiger charge is -2.12. The van der Waals surface area contributed by atoms with E-state index in [1.165, 1.54) is 11.8 Å². The summed E-state index contributed by atoms with van der Waals surface area (Å²) in [6, 6.07) is 7.87. The zero-order valence-electron chi connectivity index (χ0n) is 14.2. The summed E-state index contributed by atoms with van der Waals surface area (Å²) < 4.78 is 7.29. The second-order valence-electron chi connectivity index (χ2n) is 5.57. The maximum Gasteiger partial charge on any atom is 0.234 e. The number of nitrogens with zero attached hydrogens (tertiary/aromatic N) is 3. The maximum absolute atomic E-state index is 12.1. The number of rotatable bonds is 5. The molecule has 0 fully saturated rings. The number of fused-ring (bicyclic) bond motifs is 3. The number of hydrogen-bond acceptors (Lipinski definition) is 5. The fraction of sp³-hybridized carbons (Fsp3) is 0.278. The molecule has 6 nitrogen and oxygen atoms in total. The Bertz CT molecular complexity index is 990. The van der Waals surface area contributed by atoms with E-state index in [4.69, 9.17) is 11.2 Å². The lowest BCUT2D eigenvalue weighted by molar-refractivity contribution is -0.120. The predicted molar refractivity (Wildman–Crippen MR) is 98.9 cm³/mol. The van der Waals surface area contributed by atoms with Gasteiger partial charge in [0.15, 0.2) is 10.8 Å². The standard InChI is InChI=1S/C18H18N4O2S/c1-5-8-19-17(23)12(3)25-18-21-20-16-9-11(2)14-7-6-13(24-4)10-15(14)22(16)18/h1,6-7,9-10,12H,8H2,2-4H3,(H,19,23). The number of terminal acetylenes is 1. The number of thioether (sulfide) groups is 1. The Kier molecular flexibility index (Phi) is 4.81. The highest BCUT2D eigenvalue weighted by Gasteiger charge is 2.19. The van der Waals surface area contributed by atoms with Crippen LogP contribution in [0.3, 0.4) is 0 Å². The van der Waals surface area contributed by atoms with Gasteiger partial charge in [0.25, 0.3) is 0 Å². The molecule has 3 rings (SSSR count). The molecule has 0 bridgehead atoms. The average Bonchev–Trinajstić information content (AvgIpc) is 3.01. The van der Waals surface area contributed by atoms with Crippen LogP contribution >= 0.6 is 11.8 Å². The van der Waals surface area contributed by atoms with Crippen molar-refractivity contribution in [3.8, 4) is 18.1 Å². The van der Waals surface area contributed by atoms with Gasteiger partial charge in [-0.15, -0.1) is 16.6 Å². The molecule has 0 spiro atoms. The number of pyridine rings is 1. The molecule has 25 heavy (non-hydrogen) atoms. The topological polar surface area (TPSA) is 68.5 Å². The molecule has 1 aromatic carbocycles. The Hall–Kier alpha value is -2.72. The van der Waals surface area contributed by atoms with Crippen molar-refractivity contribution in [3.05, 3.63) is 29.8 Å². The van der Waals surface area contributed by atoms with E-state index in [1.807, 2.05) is 42.5 Å². The minimum atomic E-state index is -0.345. The molecule has 1 atom stereocenters. The van der Waals surface area contributed by atoms with E-state index in [0.717, 1.165) is 27.9 Å². The molecule has 128 valence electrons. The monoisotopic (exact) mass is 354 g/mol. The van der Waals surface area contributed by atoms with E-state index in [-0.39, 0.29) is 17.7 Å². The van der Waals surface area contributed by atoms with Crippen LogP contribution in [-0.2, 0) is 4.79 Å². The lowest BCUT2D eigenvalue weighted by atomic mass is 10.1. The summed E-state index contributed by atoms with van der Waals surface area (Å²) in [5.74, 6) is 3.02. The van der Waals surface area contributed by atoms with Gasteiger partial charge in [0, 0.05) is 11.5 Å². The first kappa shape index (κ1) is 17.1. The fourth-order valence-electron chi connectivity index (χ4n) is 2.60. The summed E-state index contributed by atoms with van der Waals surface area (Å²) in [6.07, 6.45) is 5.18. The van der Waals surface area contributed by atoms with Crippen molar-refractivity contribution in [3.63, 3.8) is 0 Å². The summed E-state index contributed by atoms with van der Waals surface area (Å²) in [6.45, 7) is 4.06. The normalized spacial score (nSPS) is 12.1. The number of aromatic nitrogens is 3. The summed E-state index contributed by atoms with van der Waals surface area (Å²) in [5, 5.41) is 12.6. The van der Waals surface area contributed by atoms with Gasteiger partial charge in [0.1, 0.15) is 5.75 Å². The van der Waals surface area contributed by atoms with Gasteiger partial charge in [-0.1, -0.05) is 17.7 Å². The Morgan fingerprint density at radius 2 is 2.24 bits per heavy atom. The third-order valence-corrected chi connectivity index (χ3v) is 4.93. The quantitative estimate of drug-likeness (QED) is 0.563. The zero-order chi connectivity index (χ0) is 18.0. The van der Waals surface area contributed by atoms with Crippen molar-refractivity contribution in [1.82, 2.24) is 19.9 Å². The molecule has 0 aliphatic rings. The van der Waals surface area contributed by atoms with E-state index in [9.17, 15) is 4.79 Å². The molecular weight excluding hydrogens is 336 g/mol. The van der Waals surface area contributed by atoms with Gasteiger partial charge < -0.3 is 10.1 Å². The second kappa shape index (κ2) is 7.03. The third kappa shape index (κ3) is 3.26. The first-order chi connectivity index (χ1) is 12.0. The molecule has 7 heteroatoms. The van der Waals surface area contributed by atoms with Crippen molar-refractivity contribution < 1.29 is 9.53 Å². The van der Waals surface area contributed by atoms with Gasteiger partial charge in [0.05, 0.1) is 24.4 Å². The largest absolute Gasteiger partial charge is 0.497 e. The van der Waals surface area contributed by atoms with Crippen LogP contribution in [0.5, 0.6) is 5.75 Å². The number of carbonyl (C=O) groups is 1. The van der Waals surface area contributed by atoms with Crippen LogP contribution < -0.4 is 10.1 Å². The molecule has 0 radical (unpaired) electrons. The summed E-state index contributed by atoms with van der Waals surface area (Å²) in [7, 11) is 1.63. The van der Waals surface area contributed by atoms with Crippen molar-refractivity contribution >= 4 is 34.2 Å². The number of benzene rings is 1. The fourth-order valence-corrected chi connectivity index (χ4v) is 3.49. The van der Waals surface area contributed by atoms with Crippen LogP contribution in [0, 0.1) is 19.3 Å². The van der Waals surface area contributed by atoms with Crippen molar-refractivity contribution in [2.24, 2.45) is 0 Å². The summed E-state index contributed by atoms with van der Waals surface area (Å²) >= 11 is 1.34. The molecule has 1 unspecified atom stereocenters. The second-order valence-corrected chi connectivity index (χ2v) is 6.88. The van der Waals surface area contributed by atoms with E-state index >= 15 is 0 Å². The minimum absolute atomic E-state index is 0.131. The number of methoxy groups -OCH3 is 1. The van der Waals surface area contributed by atoms with E-state index in [1.54, 1.807) is 7.11 Å². The van der Waals surface area contributed by atoms with Crippen LogP contribution in [0.1, 0.15) is 12.5 Å². The highest BCUT2D eigenvalue weighted by molar-refractivity contribution is 8.00. The molecule has 2 heterocycles. The molecule has 3 aromatic rings. The molecule has 1 amide bonds. The minimum Gasteiger partial charge on any atom is -0.497 e. The summed E-state index contributed by atoms with van der Waals surface area (Å²) in [5.41, 5.74) is 2.78. The number of aryl methyl sites for hydroxylation is 1. The third-order valence-electron chi connectivity index (χ3n) is 3.89. The van der Waals surface area contributed by atoms with Crippen LogP contribution in [-0.4, -0.2) is 39.4 Å². The van der Waals surface area contributed by atoms with E-state index in [2.05, 4.69) is 21.4 Å². The highest BCUT2D eigenvalue weighted by atomic mass is 32.2. The van der Waals surface area contributed by atoms with Crippen molar-refractivity contribution in [2.75, 3.05) is 13.7 Å². The number of ether oxygens (including phenoxy) is 1. The predicted octanol–water partition coefficient (Wildman–Crippen LogP) is 2.43. The Morgan fingerprint density at radius 1 is 1.44 bits per heavy atom. The van der Waals surface area contributed by atoms with Gasteiger partial charge in [-0.25, -0.2) is 0 Å². The van der Waals surface area contributed by atoms with Gasteiger partial charge >= 0.3 is 0 Å². The Labute approximate surface area is 150 Å². The number of carbonyl (C=O) groups excluding carboxylic acids is 1. The van der Waals surface area contributed by atoms with Gasteiger partial charge in [-0.2, -0.15) is 0 Å². The maximum atomic E-state index is 12.1. The van der Waals surface area contributed by atoms with Crippen LogP contribution in [0.2, 0.25) is 0 Å². The summed E-state index contributed by atoms with van der Waals surface area (Å²) in [4.78, 5) is 12.1. The van der Waals surface area contributed by atoms with Gasteiger partial charge in [0.2, 0.25) is 5.91 Å². The first-order valence-electron chi connectivity index (χ1n) is 7.75. The van der Waals surface area contributed by atoms with Crippen molar-refractivity contribution in [1.29, 1.82) is 0 Å². The Morgan fingerprint density at radius 3 is 2.96 bits per heavy atom. The molecule has 0 saturated carbocycles. The highest BCUT2D eigenvalue weighted by Crippen LogP contribution is 2.30. The van der Waals surface area contributed by atoms with E-state index < -0.39 is 0 Å². The molecule has 0 saturated heterocycles. The van der Waals surface area contributed by atoms with Crippen LogP contribution in [0.15, 0.2) is 29.4 Å². The SMILES string of the molecule is C#CCNC(=O)C(C)Sc1nnc2cc(C)c3ccc(OC)cc3n12. The molecule has 0 aliphatic carbocycles. The van der Waals surface area contributed by atoms with Crippen LogP contribution in [0.25, 0.3) is 16.6 Å². The lowest BCUT2D eigenvalue weighted by Crippen LogP contribution is -2.31. The average molecular weight is 354 g/mol. The number of amides is 1. The van der Waals surface area contributed by atoms with Crippen LogP contribution in [0.4, 0.5) is 0 Å². The van der Waals surface area contributed by atoms with Gasteiger partial charge in [-0.3, -0.25) is 9.20 Å². The van der Waals surface area contributed by atoms with Crippen molar-refractivity contribution in [2.45, 2.75) is 24.3 Å². The molecular formula is C18H18N4O2S. The molecule has 2 aromatic heterocycles. The molecule has 1 N–H and O–H groups in total. The number of hydrogen-bond donors (Lipinski definition) is 1. The molecule has 0 aliphatic heterocycles. The zero-order valence-corrected chi connectivity index (χ0v) is 15.1. The Balaban J connectivity index is 2.06.